The van der Waals surface area contributed by atoms with Crippen LogP contribution >= 0.6 is 22.9 Å². The number of phenolic OH excluding ortho intramolecular Hbond substituents is 1. The second-order valence-corrected chi connectivity index (χ2v) is 21.5. The minimum absolute atomic E-state index is 0.0175. The van der Waals surface area contributed by atoms with Crippen LogP contribution in [0.4, 0.5) is 4.39 Å². The Balaban J connectivity index is 0.838. The van der Waals surface area contributed by atoms with Crippen LogP contribution in [0.15, 0.2) is 84.4 Å². The number of likely N-dealkylation sites (tertiary alicyclic amines) is 1. The molecule has 1 aliphatic heterocycles. The lowest BCUT2D eigenvalue weighted by Crippen LogP contribution is -2.59. The van der Waals surface area contributed by atoms with E-state index in [1.807, 2.05) is 94.5 Å². The summed E-state index contributed by atoms with van der Waals surface area (Å²) < 4.78 is 35.1. The Morgan fingerprint density at radius 2 is 1.67 bits per heavy atom. The van der Waals surface area contributed by atoms with Gasteiger partial charge >= 0.3 is 0 Å². The molecule has 14 nitrogen and oxygen atoms in total. The van der Waals surface area contributed by atoms with Crippen molar-refractivity contribution in [3.8, 4) is 50.1 Å². The third-order valence-corrected chi connectivity index (χ3v) is 14.8. The summed E-state index contributed by atoms with van der Waals surface area (Å²) in [4.78, 5) is 47.2. The van der Waals surface area contributed by atoms with Crippen LogP contribution in [0, 0.1) is 26.2 Å². The van der Waals surface area contributed by atoms with Crippen molar-refractivity contribution in [3.05, 3.63) is 123 Å². The Bertz CT molecular complexity index is 2970. The van der Waals surface area contributed by atoms with Crippen molar-refractivity contribution in [2.75, 3.05) is 26.4 Å². The first-order valence-corrected chi connectivity index (χ1v) is 25.9. The van der Waals surface area contributed by atoms with E-state index in [4.69, 9.17) is 25.8 Å². The molecule has 17 heteroatoms. The second-order valence-electron chi connectivity index (χ2n) is 20.2. The number of ether oxygens (including phenoxy) is 3. The molecule has 0 unspecified atom stereocenters. The van der Waals surface area contributed by atoms with Gasteiger partial charge in [0, 0.05) is 49.3 Å². The number of carbonyl (C=O) groups excluding carboxylic acids is 3. The number of aryl methyl sites for hydroxylation is 5. The van der Waals surface area contributed by atoms with Crippen LogP contribution in [0.2, 0.25) is 5.02 Å². The van der Waals surface area contributed by atoms with Gasteiger partial charge < -0.3 is 40.0 Å². The molecule has 1 saturated heterocycles. The van der Waals surface area contributed by atoms with Crippen LogP contribution in [0.1, 0.15) is 80.1 Å². The van der Waals surface area contributed by atoms with Gasteiger partial charge in [-0.3, -0.25) is 19.1 Å². The highest BCUT2D eigenvalue weighted by Gasteiger charge is 2.53. The number of nitrogens with one attached hydrogen (secondary N) is 2. The predicted molar refractivity (Wildman–Crippen MR) is 280 cm³/mol. The number of carbonyl (C=O) groups is 3. The van der Waals surface area contributed by atoms with Crippen molar-refractivity contribution >= 4 is 40.7 Å². The van der Waals surface area contributed by atoms with Gasteiger partial charge in [-0.05, 0) is 116 Å². The Morgan fingerprint density at radius 3 is 2.34 bits per heavy atom. The number of alkyl halides is 1. The van der Waals surface area contributed by atoms with Gasteiger partial charge in [-0.1, -0.05) is 74.8 Å². The van der Waals surface area contributed by atoms with Gasteiger partial charge in [0.2, 0.25) is 11.8 Å². The Labute approximate surface area is 434 Å². The van der Waals surface area contributed by atoms with Crippen LogP contribution in [0.5, 0.6) is 17.2 Å². The SMILES string of the molecule is Cc1cc(-c2ccc(OCc3ccc(CCCOCCOc4cc(-c5scnc5C)ccc4CNC(=O)[C@@H]4C[C@@H](O)CN4C(=O)[C@@H](NC(=O)C4(F)CC4)C(C)(C)C)cc3)c(-c3ccc(Cl)c(C)c3)c2O)n(C)n1. The van der Waals surface area contributed by atoms with E-state index in [0.717, 1.165) is 62.6 Å². The molecule has 4 aromatic carbocycles. The van der Waals surface area contributed by atoms with Crippen molar-refractivity contribution in [1.29, 1.82) is 0 Å². The number of aromatic nitrogens is 3. The molecular weight excluding hydrogens is 971 g/mol. The number of aliphatic hydroxyl groups excluding tert-OH is 1. The summed E-state index contributed by atoms with van der Waals surface area (Å²) in [7, 11) is 1.85. The number of phenols is 1. The maximum Gasteiger partial charge on any atom is 0.258 e. The zero-order valence-corrected chi connectivity index (χ0v) is 44.0. The molecule has 3 heterocycles. The molecule has 386 valence electrons. The van der Waals surface area contributed by atoms with E-state index >= 15 is 0 Å². The Hall–Kier alpha value is -6.33. The third-order valence-electron chi connectivity index (χ3n) is 13.4. The van der Waals surface area contributed by atoms with Gasteiger partial charge in [0.15, 0.2) is 5.67 Å². The molecule has 73 heavy (non-hydrogen) atoms. The highest BCUT2D eigenvalue weighted by Crippen LogP contribution is 2.45. The number of rotatable bonds is 20. The molecule has 0 bridgehead atoms. The topological polar surface area (TPSA) is 177 Å². The van der Waals surface area contributed by atoms with Crippen molar-refractivity contribution in [1.82, 2.24) is 30.3 Å². The second kappa shape index (κ2) is 22.4. The first kappa shape index (κ1) is 53.0. The summed E-state index contributed by atoms with van der Waals surface area (Å²) >= 11 is 7.90. The summed E-state index contributed by atoms with van der Waals surface area (Å²) in [6, 6.07) is 23.2. The largest absolute Gasteiger partial charge is 0.506 e. The quantitative estimate of drug-likeness (QED) is 0.0539. The average molecular weight is 1040 g/mol. The van der Waals surface area contributed by atoms with E-state index in [9.17, 15) is 29.0 Å². The summed E-state index contributed by atoms with van der Waals surface area (Å²) in [6.45, 7) is 12.4. The van der Waals surface area contributed by atoms with Crippen LogP contribution in [-0.4, -0.2) is 97.8 Å². The minimum atomic E-state index is -1.98. The number of β-amino-alcohol motifs (C(OH)–C–C–N with tert-alkyl or cyclic N) is 1. The maximum absolute atomic E-state index is 14.7. The summed E-state index contributed by atoms with van der Waals surface area (Å²) in [6.07, 6.45) is 0.861. The number of amides is 3. The van der Waals surface area contributed by atoms with Crippen molar-refractivity contribution < 1.29 is 43.2 Å². The van der Waals surface area contributed by atoms with Crippen LogP contribution in [0.3, 0.4) is 0 Å². The minimum Gasteiger partial charge on any atom is -0.506 e. The molecular formula is C56H64ClFN6O8S. The van der Waals surface area contributed by atoms with Gasteiger partial charge in [-0.2, -0.15) is 5.10 Å². The first-order valence-electron chi connectivity index (χ1n) is 24.6. The highest BCUT2D eigenvalue weighted by atomic mass is 35.5. The van der Waals surface area contributed by atoms with E-state index < -0.39 is 47.0 Å². The number of thiazole rings is 1. The number of aromatic hydroxyl groups is 1. The van der Waals surface area contributed by atoms with Gasteiger partial charge in [-0.15, -0.1) is 11.3 Å². The maximum atomic E-state index is 14.7. The average Bonchev–Trinajstić information content (AvgIpc) is 3.58. The smallest absolute Gasteiger partial charge is 0.258 e. The Morgan fingerprint density at radius 1 is 0.932 bits per heavy atom. The first-order chi connectivity index (χ1) is 34.8. The number of aliphatic hydroxyl groups is 1. The number of benzene rings is 4. The van der Waals surface area contributed by atoms with Crippen LogP contribution in [0.25, 0.3) is 32.8 Å². The highest BCUT2D eigenvalue weighted by molar-refractivity contribution is 7.13. The van der Waals surface area contributed by atoms with E-state index in [1.54, 1.807) is 31.0 Å². The number of halogens is 2. The molecule has 3 amide bonds. The monoisotopic (exact) mass is 1030 g/mol. The molecule has 1 aliphatic carbocycles. The summed E-state index contributed by atoms with van der Waals surface area (Å²) in [5, 5.41) is 33.0. The van der Waals surface area contributed by atoms with Gasteiger partial charge in [-0.25, -0.2) is 9.37 Å². The normalized spacial score (nSPS) is 16.5. The molecule has 6 aromatic rings. The molecule has 1 saturated carbocycles. The van der Waals surface area contributed by atoms with Crippen molar-refractivity contribution in [2.45, 2.75) is 111 Å². The zero-order valence-electron chi connectivity index (χ0n) is 42.4. The number of hydrogen-bond donors (Lipinski definition) is 4. The summed E-state index contributed by atoms with van der Waals surface area (Å²) in [5.41, 5.74) is 8.18. The predicted octanol–water partition coefficient (Wildman–Crippen LogP) is 9.38. The van der Waals surface area contributed by atoms with Crippen LogP contribution in [-0.2, 0) is 45.7 Å². The lowest BCUT2D eigenvalue weighted by Gasteiger charge is -2.35. The Kier molecular flexibility index (Phi) is 16.3. The molecule has 2 aromatic heterocycles. The zero-order chi connectivity index (χ0) is 52.2. The summed E-state index contributed by atoms with van der Waals surface area (Å²) in [5.74, 6) is -0.648. The number of nitrogens with zero attached hydrogens (tertiary/aromatic N) is 4. The molecule has 2 fully saturated rings. The van der Waals surface area contributed by atoms with Crippen LogP contribution < -0.4 is 20.1 Å². The fourth-order valence-corrected chi connectivity index (χ4v) is 9.99. The van der Waals surface area contributed by atoms with Gasteiger partial charge in [0.05, 0.1) is 45.7 Å². The van der Waals surface area contributed by atoms with E-state index in [0.29, 0.717) is 53.0 Å². The molecule has 2 aliphatic rings. The lowest BCUT2D eigenvalue weighted by molar-refractivity contribution is -0.145. The molecule has 0 radical (unpaired) electrons. The molecule has 8 rings (SSSR count). The fourth-order valence-electron chi connectivity index (χ4n) is 9.07. The van der Waals surface area contributed by atoms with Gasteiger partial charge in [0.25, 0.3) is 5.91 Å². The van der Waals surface area contributed by atoms with Gasteiger partial charge in [0.1, 0.15) is 42.5 Å². The molecule has 4 N–H and O–H groups in total. The standard InChI is InChI=1S/C56H64ClFN6O8S/c1-33-25-38(16-18-43(33)57)48-46(19-17-42(49(48)66)44-26-34(2)62-63(44)7)72-31-37-12-10-36(11-13-37)9-8-22-70-23-24-71-47-27-39(50-35(3)60-32-73-50)14-15-40(47)29-59-52(67)45-28-41(65)30-64(45)53(68)51(55(4,5)6)61-54(69)56(58)20-21-56/h10-19,25-27,32,41,45,51,65-66H,8-9,20-24,28-31H2,1-7H3,(H,59,67)(H,61,69)/t41-,45+,51-/m1/s1. The molecule has 0 spiro atoms. The van der Waals surface area contributed by atoms with E-state index in [2.05, 4.69) is 32.8 Å². The van der Waals surface area contributed by atoms with E-state index in [-0.39, 0.29) is 44.7 Å². The van der Waals surface area contributed by atoms with E-state index in [1.165, 1.54) is 16.2 Å². The van der Waals surface area contributed by atoms with Crippen molar-refractivity contribution in [3.63, 3.8) is 0 Å². The lowest BCUT2D eigenvalue weighted by atomic mass is 9.85. The molecule has 3 atom stereocenters. The number of hydrogen-bond acceptors (Lipinski definition) is 11. The fraction of sp³-hybridized carbons (Fsp3) is 0.411. The third kappa shape index (κ3) is 12.5. The van der Waals surface area contributed by atoms with Crippen molar-refractivity contribution in [2.24, 2.45) is 12.5 Å².